The highest BCUT2D eigenvalue weighted by atomic mass is 32.2. The molecule has 10 heteroatoms. The van der Waals surface area contributed by atoms with Crippen molar-refractivity contribution in [1.82, 2.24) is 9.88 Å². The van der Waals surface area contributed by atoms with E-state index in [1.165, 1.54) is 30.0 Å². The number of amides is 2. The van der Waals surface area contributed by atoms with Crippen LogP contribution in [0.4, 0.5) is 5.13 Å². The summed E-state index contributed by atoms with van der Waals surface area (Å²) in [5, 5.41) is 12.7. The Hall–Kier alpha value is -1.94. The van der Waals surface area contributed by atoms with E-state index in [0.717, 1.165) is 4.88 Å². The number of aliphatic carboxylic acids is 1. The number of hydrogen-bond acceptors (Lipinski definition) is 7. The van der Waals surface area contributed by atoms with E-state index in [-0.39, 0.29) is 17.7 Å². The molecule has 3 heterocycles. The van der Waals surface area contributed by atoms with Crippen molar-refractivity contribution in [2.24, 2.45) is 10.9 Å². The molecule has 3 rings (SSSR count). The summed E-state index contributed by atoms with van der Waals surface area (Å²) < 4.78 is 0. The molecule has 26 heavy (non-hydrogen) atoms. The van der Waals surface area contributed by atoms with Gasteiger partial charge in [-0.3, -0.25) is 19.4 Å². The largest absolute Gasteiger partial charge is 0.481 e. The van der Waals surface area contributed by atoms with Crippen LogP contribution >= 0.6 is 23.1 Å². The normalized spacial score (nSPS) is 23.6. The molecular formula is C16H20N4O4S2. The molecule has 0 spiro atoms. The van der Waals surface area contributed by atoms with Gasteiger partial charge >= 0.3 is 5.97 Å². The van der Waals surface area contributed by atoms with E-state index in [2.05, 4.69) is 15.3 Å². The standard InChI is InChI=1S/C16H20N4O4S2/c1-9(21)18-15-17-7-11(26-15)16(2)8-25-12(19-16)13(22)20-5-3-10(4-6-20)14(23)24/h7,10H,3-6,8H2,1-2H3,(H,23,24)(H,17,18,21). The predicted octanol–water partition coefficient (Wildman–Crippen LogP) is 1.79. The number of nitrogens with zero attached hydrogens (tertiary/aromatic N) is 3. The van der Waals surface area contributed by atoms with Crippen molar-refractivity contribution in [1.29, 1.82) is 0 Å². The smallest absolute Gasteiger partial charge is 0.306 e. The lowest BCUT2D eigenvalue weighted by Crippen LogP contribution is -2.42. The third-order valence-corrected chi connectivity index (χ3v) is 6.88. The number of aliphatic imine (C=N–C) groups is 1. The first kappa shape index (κ1) is 18.8. The van der Waals surface area contributed by atoms with E-state index >= 15 is 0 Å². The molecule has 2 aliphatic rings. The highest BCUT2D eigenvalue weighted by Gasteiger charge is 2.39. The Morgan fingerprint density at radius 2 is 2.04 bits per heavy atom. The maximum absolute atomic E-state index is 12.7. The summed E-state index contributed by atoms with van der Waals surface area (Å²) in [5.74, 6) is -0.846. The molecule has 2 aliphatic heterocycles. The van der Waals surface area contributed by atoms with Gasteiger partial charge < -0.3 is 15.3 Å². The van der Waals surface area contributed by atoms with Gasteiger partial charge in [0, 0.05) is 32.0 Å². The van der Waals surface area contributed by atoms with Gasteiger partial charge in [0.2, 0.25) is 5.91 Å². The number of carboxylic acid groups (broad SMARTS) is 1. The van der Waals surface area contributed by atoms with Crippen LogP contribution in [0.15, 0.2) is 11.2 Å². The lowest BCUT2D eigenvalue weighted by atomic mass is 9.97. The van der Waals surface area contributed by atoms with Gasteiger partial charge in [0.25, 0.3) is 5.91 Å². The van der Waals surface area contributed by atoms with Crippen LogP contribution in [0.25, 0.3) is 0 Å². The Bertz CT molecular complexity index is 770. The van der Waals surface area contributed by atoms with E-state index in [4.69, 9.17) is 5.11 Å². The number of nitrogens with one attached hydrogen (secondary N) is 1. The van der Waals surface area contributed by atoms with Crippen LogP contribution in [0, 0.1) is 5.92 Å². The second-order valence-corrected chi connectivity index (χ2v) is 8.59. The highest BCUT2D eigenvalue weighted by molar-refractivity contribution is 8.16. The summed E-state index contributed by atoms with van der Waals surface area (Å²) in [6, 6.07) is 0. The quantitative estimate of drug-likeness (QED) is 0.802. The average Bonchev–Trinajstić information content (AvgIpc) is 3.22. The summed E-state index contributed by atoms with van der Waals surface area (Å²) in [6.07, 6.45) is 2.64. The molecule has 1 fully saturated rings. The van der Waals surface area contributed by atoms with Gasteiger partial charge in [-0.2, -0.15) is 0 Å². The molecule has 8 nitrogen and oxygen atoms in total. The first-order chi connectivity index (χ1) is 12.3. The number of carbonyl (C=O) groups excluding carboxylic acids is 2. The second kappa shape index (κ2) is 7.36. The van der Waals surface area contributed by atoms with Crippen molar-refractivity contribution < 1.29 is 19.5 Å². The number of hydrogen-bond donors (Lipinski definition) is 2. The molecule has 1 aromatic rings. The van der Waals surface area contributed by atoms with Crippen LogP contribution in [-0.4, -0.2) is 56.7 Å². The average molecular weight is 396 g/mol. The SMILES string of the molecule is CC(=O)Nc1ncc(C2(C)CSC(C(=O)N3CCC(C(=O)O)CC3)=N2)s1. The molecule has 0 bridgehead atoms. The Morgan fingerprint density at radius 1 is 1.35 bits per heavy atom. The molecule has 2 amide bonds. The van der Waals surface area contributed by atoms with Crippen molar-refractivity contribution in [3.63, 3.8) is 0 Å². The van der Waals surface area contributed by atoms with Crippen molar-refractivity contribution in [3.8, 4) is 0 Å². The van der Waals surface area contributed by atoms with E-state index < -0.39 is 11.5 Å². The Balaban J connectivity index is 1.68. The molecule has 1 atom stereocenters. The maximum Gasteiger partial charge on any atom is 0.306 e. The van der Waals surface area contributed by atoms with Crippen LogP contribution in [0.5, 0.6) is 0 Å². The lowest BCUT2D eigenvalue weighted by molar-refractivity contribution is -0.144. The van der Waals surface area contributed by atoms with Gasteiger partial charge in [0.15, 0.2) is 10.2 Å². The van der Waals surface area contributed by atoms with Crippen molar-refractivity contribution in [2.45, 2.75) is 32.2 Å². The molecule has 2 N–H and O–H groups in total. The third kappa shape index (κ3) is 3.90. The summed E-state index contributed by atoms with van der Waals surface area (Å²) >= 11 is 2.77. The zero-order valence-electron chi connectivity index (χ0n) is 14.5. The molecule has 1 saturated heterocycles. The molecule has 1 unspecified atom stereocenters. The van der Waals surface area contributed by atoms with Crippen molar-refractivity contribution >= 4 is 51.1 Å². The number of carbonyl (C=O) groups is 3. The number of likely N-dealkylation sites (tertiary alicyclic amines) is 1. The van der Waals surface area contributed by atoms with Crippen LogP contribution in [0.3, 0.4) is 0 Å². The number of aromatic nitrogens is 1. The number of anilines is 1. The van der Waals surface area contributed by atoms with Gasteiger partial charge in [-0.1, -0.05) is 23.1 Å². The van der Waals surface area contributed by atoms with E-state index in [1.807, 2.05) is 6.92 Å². The minimum absolute atomic E-state index is 0.130. The summed E-state index contributed by atoms with van der Waals surface area (Å²) in [5.41, 5.74) is -0.552. The summed E-state index contributed by atoms with van der Waals surface area (Å²) in [6.45, 7) is 4.26. The van der Waals surface area contributed by atoms with Crippen LogP contribution in [-0.2, 0) is 19.9 Å². The van der Waals surface area contributed by atoms with Gasteiger partial charge in [0.1, 0.15) is 5.54 Å². The number of piperidine rings is 1. The number of thiazole rings is 1. The molecule has 140 valence electrons. The molecule has 0 radical (unpaired) electrons. The van der Waals surface area contributed by atoms with Crippen LogP contribution in [0.2, 0.25) is 0 Å². The first-order valence-corrected chi connectivity index (χ1v) is 10.1. The van der Waals surface area contributed by atoms with E-state index in [9.17, 15) is 14.4 Å². The fraction of sp³-hybridized carbons (Fsp3) is 0.562. The van der Waals surface area contributed by atoms with Crippen LogP contribution in [0.1, 0.15) is 31.6 Å². The fourth-order valence-electron chi connectivity index (χ4n) is 2.93. The Labute approximate surface area is 159 Å². The van der Waals surface area contributed by atoms with Gasteiger partial charge in [0.05, 0.1) is 10.8 Å². The minimum atomic E-state index is -0.794. The summed E-state index contributed by atoms with van der Waals surface area (Å²) in [7, 11) is 0. The molecule has 0 saturated carbocycles. The highest BCUT2D eigenvalue weighted by Crippen LogP contribution is 2.40. The first-order valence-electron chi connectivity index (χ1n) is 8.27. The topological polar surface area (TPSA) is 112 Å². The van der Waals surface area contributed by atoms with Gasteiger partial charge in [-0.15, -0.1) is 0 Å². The van der Waals surface area contributed by atoms with Crippen molar-refractivity contribution in [2.75, 3.05) is 24.2 Å². The van der Waals surface area contributed by atoms with Gasteiger partial charge in [-0.05, 0) is 19.8 Å². The third-order valence-electron chi connectivity index (χ3n) is 4.47. The Morgan fingerprint density at radius 3 is 2.65 bits per heavy atom. The van der Waals surface area contributed by atoms with E-state index in [1.54, 1.807) is 11.1 Å². The predicted molar refractivity (Wildman–Crippen MR) is 101 cm³/mol. The summed E-state index contributed by atoms with van der Waals surface area (Å²) in [4.78, 5) is 46.3. The molecule has 0 aliphatic carbocycles. The zero-order valence-corrected chi connectivity index (χ0v) is 16.2. The molecular weight excluding hydrogens is 376 g/mol. The minimum Gasteiger partial charge on any atom is -0.481 e. The fourth-order valence-corrected chi connectivity index (χ4v) is 5.13. The number of rotatable bonds is 4. The van der Waals surface area contributed by atoms with E-state index in [0.29, 0.717) is 41.9 Å². The maximum atomic E-state index is 12.7. The molecule has 1 aromatic heterocycles. The number of carboxylic acids is 1. The second-order valence-electron chi connectivity index (χ2n) is 6.60. The molecule has 0 aromatic carbocycles. The monoisotopic (exact) mass is 396 g/mol. The van der Waals surface area contributed by atoms with Crippen LogP contribution < -0.4 is 5.32 Å². The lowest BCUT2D eigenvalue weighted by Gasteiger charge is -2.29. The number of thioether (sulfide) groups is 1. The van der Waals surface area contributed by atoms with Crippen molar-refractivity contribution in [3.05, 3.63) is 11.1 Å². The van der Waals surface area contributed by atoms with Gasteiger partial charge in [-0.25, -0.2) is 4.98 Å². The Kier molecular flexibility index (Phi) is 5.33. The zero-order chi connectivity index (χ0) is 18.9.